The van der Waals surface area contributed by atoms with Gasteiger partial charge in [-0.3, -0.25) is 9.59 Å². The average Bonchev–Trinajstić information content (AvgIpc) is 3.74. The second kappa shape index (κ2) is 13.2. The number of halogens is 1. The van der Waals surface area contributed by atoms with Gasteiger partial charge in [0, 0.05) is 37.0 Å². The second-order valence-corrected chi connectivity index (χ2v) is 11.9. The molecule has 1 aliphatic carbocycles. The van der Waals surface area contributed by atoms with E-state index in [1.165, 1.54) is 0 Å². The van der Waals surface area contributed by atoms with Gasteiger partial charge >= 0.3 is 0 Å². The van der Waals surface area contributed by atoms with E-state index < -0.39 is 16.1 Å². The van der Waals surface area contributed by atoms with E-state index in [-0.39, 0.29) is 35.7 Å². The van der Waals surface area contributed by atoms with E-state index in [2.05, 4.69) is 10.0 Å². The number of likely N-dealkylation sites (N-methyl/N-ethyl adjacent to an activating group) is 1. The lowest BCUT2D eigenvalue weighted by molar-refractivity contribution is -0.141. The molecule has 1 unspecified atom stereocenters. The molecule has 3 aromatic carbocycles. The molecule has 3 aromatic rings. The second-order valence-electron chi connectivity index (χ2n) is 9.79. The van der Waals surface area contributed by atoms with Crippen molar-refractivity contribution in [1.29, 1.82) is 0 Å². The highest BCUT2D eigenvalue weighted by molar-refractivity contribution is 7.89. The van der Waals surface area contributed by atoms with E-state index in [0.29, 0.717) is 24.4 Å². The van der Waals surface area contributed by atoms with Crippen LogP contribution in [-0.4, -0.2) is 43.8 Å². The van der Waals surface area contributed by atoms with E-state index in [9.17, 15) is 18.0 Å². The van der Waals surface area contributed by atoms with Crippen LogP contribution in [0.4, 0.5) is 0 Å². The van der Waals surface area contributed by atoms with Gasteiger partial charge in [0.25, 0.3) is 0 Å². The van der Waals surface area contributed by atoms with E-state index in [4.69, 9.17) is 11.6 Å². The van der Waals surface area contributed by atoms with Crippen molar-refractivity contribution < 1.29 is 18.0 Å². The van der Waals surface area contributed by atoms with Crippen molar-refractivity contribution in [3.05, 3.63) is 101 Å². The Kier molecular flexibility index (Phi) is 9.78. The van der Waals surface area contributed by atoms with E-state index in [1.54, 1.807) is 41.3 Å². The highest BCUT2D eigenvalue weighted by Gasteiger charge is 2.30. The summed E-state index contributed by atoms with van der Waals surface area (Å²) in [6.45, 7) is 2.57. The summed E-state index contributed by atoms with van der Waals surface area (Å²) < 4.78 is 27.6. The van der Waals surface area contributed by atoms with Gasteiger partial charge in [-0.15, -0.1) is 0 Å². The molecule has 0 spiro atoms. The molecule has 0 aromatic heterocycles. The van der Waals surface area contributed by atoms with Crippen molar-refractivity contribution in [3.63, 3.8) is 0 Å². The van der Waals surface area contributed by atoms with Gasteiger partial charge in [-0.25, -0.2) is 13.1 Å². The van der Waals surface area contributed by atoms with Crippen LogP contribution in [-0.2, 0) is 39.0 Å². The topological polar surface area (TPSA) is 95.6 Å². The molecule has 0 radical (unpaired) electrons. The zero-order valence-electron chi connectivity index (χ0n) is 22.0. The van der Waals surface area contributed by atoms with Crippen LogP contribution in [0.3, 0.4) is 0 Å². The van der Waals surface area contributed by atoms with Gasteiger partial charge in [0.1, 0.15) is 6.04 Å². The van der Waals surface area contributed by atoms with Crippen molar-refractivity contribution in [1.82, 2.24) is 14.9 Å². The van der Waals surface area contributed by atoms with E-state index in [0.717, 1.165) is 29.5 Å². The third-order valence-electron chi connectivity index (χ3n) is 6.65. The monoisotopic (exact) mass is 567 g/mol. The number of aryl methyl sites for hydroxylation is 1. The van der Waals surface area contributed by atoms with E-state index in [1.807, 2.05) is 49.4 Å². The van der Waals surface area contributed by atoms with Crippen LogP contribution < -0.4 is 10.0 Å². The Hall–Kier alpha value is -3.20. The quantitative estimate of drug-likeness (QED) is 0.318. The summed E-state index contributed by atoms with van der Waals surface area (Å²) in [6, 6.07) is 22.9. The fourth-order valence-electron chi connectivity index (χ4n) is 4.35. The maximum atomic E-state index is 13.7. The first-order valence-electron chi connectivity index (χ1n) is 13.2. The molecule has 2 amide bonds. The zero-order chi connectivity index (χ0) is 27.8. The molecule has 0 heterocycles. The number of carbonyl (C=O) groups excluding carboxylic acids is 2. The lowest BCUT2D eigenvalue weighted by atomic mass is 10.0. The van der Waals surface area contributed by atoms with Crippen molar-refractivity contribution >= 4 is 33.4 Å². The number of sulfonamides is 1. The Morgan fingerprint density at radius 1 is 0.923 bits per heavy atom. The summed E-state index contributed by atoms with van der Waals surface area (Å²) in [6.07, 6.45) is 2.71. The third kappa shape index (κ3) is 8.39. The van der Waals surface area contributed by atoms with E-state index >= 15 is 0 Å². The molecule has 0 bridgehead atoms. The van der Waals surface area contributed by atoms with Gasteiger partial charge in [0.2, 0.25) is 21.8 Å². The molecule has 4 rings (SSSR count). The number of hydrogen-bond donors (Lipinski definition) is 2. The first-order valence-corrected chi connectivity index (χ1v) is 15.1. The highest BCUT2D eigenvalue weighted by Crippen LogP contribution is 2.23. The molecular weight excluding hydrogens is 534 g/mol. The molecule has 9 heteroatoms. The maximum Gasteiger partial charge on any atom is 0.243 e. The Balaban J connectivity index is 1.52. The number of benzene rings is 3. The van der Waals surface area contributed by atoms with Gasteiger partial charge in [-0.1, -0.05) is 66.2 Å². The number of rotatable bonds is 13. The molecule has 1 aliphatic rings. The minimum absolute atomic E-state index is 0.0349. The van der Waals surface area contributed by atoms with Crippen LogP contribution >= 0.6 is 11.6 Å². The molecule has 1 saturated carbocycles. The Morgan fingerprint density at radius 2 is 1.56 bits per heavy atom. The molecule has 206 valence electrons. The Morgan fingerprint density at radius 3 is 2.18 bits per heavy atom. The van der Waals surface area contributed by atoms with Crippen LogP contribution in [0.15, 0.2) is 83.8 Å². The molecule has 7 nitrogen and oxygen atoms in total. The fourth-order valence-corrected chi connectivity index (χ4v) is 5.78. The summed E-state index contributed by atoms with van der Waals surface area (Å²) in [5.41, 5.74) is 2.67. The SMILES string of the molecule is CCNC(=O)C(Cc1ccccc1)N(Cc1ccc(Cl)cc1)C(=O)CCc1ccc(S(=O)(=O)NC2CC2)cc1. The smallest absolute Gasteiger partial charge is 0.243 e. The fraction of sp³-hybridized carbons (Fsp3) is 0.333. The first-order chi connectivity index (χ1) is 18.7. The molecule has 0 aliphatic heterocycles. The van der Waals surface area contributed by atoms with Crippen LogP contribution in [0.2, 0.25) is 5.02 Å². The number of amides is 2. The summed E-state index contributed by atoms with van der Waals surface area (Å²) in [5.74, 6) is -0.370. The molecule has 1 fully saturated rings. The molecular formula is C30H34ClN3O4S. The number of nitrogens with zero attached hydrogens (tertiary/aromatic N) is 1. The van der Waals surface area contributed by atoms with Gasteiger partial charge in [0.15, 0.2) is 0 Å². The first kappa shape index (κ1) is 28.8. The zero-order valence-corrected chi connectivity index (χ0v) is 23.5. The van der Waals surface area contributed by atoms with Crippen LogP contribution in [0, 0.1) is 0 Å². The number of hydrogen-bond acceptors (Lipinski definition) is 4. The van der Waals surface area contributed by atoms with Crippen molar-refractivity contribution in [3.8, 4) is 0 Å². The summed E-state index contributed by atoms with van der Waals surface area (Å²) >= 11 is 6.07. The molecule has 39 heavy (non-hydrogen) atoms. The van der Waals surface area contributed by atoms with Crippen molar-refractivity contribution in [2.24, 2.45) is 0 Å². The summed E-state index contributed by atoms with van der Waals surface area (Å²) in [5, 5.41) is 3.49. The Bertz CT molecular complexity index is 1360. The predicted molar refractivity (Wildman–Crippen MR) is 153 cm³/mol. The van der Waals surface area contributed by atoms with Gasteiger partial charge in [-0.2, -0.15) is 0 Å². The molecule has 1 atom stereocenters. The number of nitrogens with one attached hydrogen (secondary N) is 2. The number of carbonyl (C=O) groups is 2. The predicted octanol–water partition coefficient (Wildman–Crippen LogP) is 4.49. The molecule has 0 saturated heterocycles. The maximum absolute atomic E-state index is 13.7. The standard InChI is InChI=1S/C30H34ClN3O4S/c1-2-32-30(36)28(20-23-6-4-3-5-7-23)34(21-24-8-13-25(31)14-9-24)29(35)19-12-22-10-17-27(18-11-22)39(37,38)33-26-15-16-26/h3-11,13-14,17-18,26,28,33H,2,12,15-16,19-21H2,1H3,(H,32,36). The lowest BCUT2D eigenvalue weighted by Crippen LogP contribution is -2.50. The van der Waals surface area contributed by atoms with Gasteiger partial charge in [-0.05, 0) is 67.1 Å². The van der Waals surface area contributed by atoms with Crippen molar-refractivity contribution in [2.75, 3.05) is 6.54 Å². The minimum Gasteiger partial charge on any atom is -0.355 e. The van der Waals surface area contributed by atoms with Gasteiger partial charge < -0.3 is 10.2 Å². The van der Waals surface area contributed by atoms with Crippen molar-refractivity contribution in [2.45, 2.75) is 62.6 Å². The van der Waals surface area contributed by atoms with Crippen LogP contribution in [0.1, 0.15) is 42.9 Å². The average molecular weight is 568 g/mol. The highest BCUT2D eigenvalue weighted by atomic mass is 35.5. The summed E-state index contributed by atoms with van der Waals surface area (Å²) in [7, 11) is -3.53. The summed E-state index contributed by atoms with van der Waals surface area (Å²) in [4.78, 5) is 28.8. The minimum atomic E-state index is -3.53. The third-order valence-corrected chi connectivity index (χ3v) is 8.44. The largest absolute Gasteiger partial charge is 0.355 e. The normalized spacial score (nSPS) is 14.0. The molecule has 2 N–H and O–H groups in total. The lowest BCUT2D eigenvalue weighted by Gasteiger charge is -2.31. The van der Waals surface area contributed by atoms with Gasteiger partial charge in [0.05, 0.1) is 4.90 Å². The van der Waals surface area contributed by atoms with Crippen LogP contribution in [0.25, 0.3) is 0 Å². The van der Waals surface area contributed by atoms with Crippen LogP contribution in [0.5, 0.6) is 0 Å². The Labute approximate surface area is 235 Å².